The molecule has 0 saturated carbocycles. The van der Waals surface area contributed by atoms with E-state index >= 15 is 0 Å². The van der Waals surface area contributed by atoms with Crippen LogP contribution in [0.3, 0.4) is 0 Å². The van der Waals surface area contributed by atoms with Crippen molar-refractivity contribution in [2.75, 3.05) is 12.4 Å². The second-order valence-corrected chi connectivity index (χ2v) is 6.74. The van der Waals surface area contributed by atoms with Gasteiger partial charge < -0.3 is 15.4 Å². The molecular weight excluding hydrogens is 380 g/mol. The number of anilines is 1. The fourth-order valence-electron chi connectivity index (χ4n) is 2.84. The summed E-state index contributed by atoms with van der Waals surface area (Å²) in [6, 6.07) is 20.8. The SMILES string of the molecule is COC(=O)c1ccc(C(=O)Nc2ccccc2C(=O)NCc2ccc(C)cc2)cc1. The molecule has 2 amide bonds. The molecule has 0 radical (unpaired) electrons. The fraction of sp³-hybridized carbons (Fsp3) is 0.125. The number of carbonyl (C=O) groups is 3. The van der Waals surface area contributed by atoms with Gasteiger partial charge >= 0.3 is 5.97 Å². The number of amides is 2. The predicted octanol–water partition coefficient (Wildman–Crippen LogP) is 3.96. The highest BCUT2D eigenvalue weighted by molar-refractivity contribution is 6.09. The number of aryl methyl sites for hydroxylation is 1. The van der Waals surface area contributed by atoms with Gasteiger partial charge in [0, 0.05) is 12.1 Å². The number of methoxy groups -OCH3 is 1. The molecule has 0 aliphatic heterocycles. The van der Waals surface area contributed by atoms with E-state index in [1.54, 1.807) is 24.3 Å². The van der Waals surface area contributed by atoms with Crippen LogP contribution in [-0.4, -0.2) is 24.9 Å². The Morgan fingerprint density at radius 1 is 0.800 bits per heavy atom. The third-order valence-electron chi connectivity index (χ3n) is 4.56. The monoisotopic (exact) mass is 402 g/mol. The number of para-hydroxylation sites is 1. The first kappa shape index (κ1) is 20.8. The van der Waals surface area contributed by atoms with Gasteiger partial charge in [-0.15, -0.1) is 0 Å². The van der Waals surface area contributed by atoms with Crippen molar-refractivity contribution in [1.29, 1.82) is 0 Å². The molecule has 3 rings (SSSR count). The Bertz CT molecular complexity index is 1060. The number of hydrogen-bond donors (Lipinski definition) is 2. The maximum atomic E-state index is 12.7. The Morgan fingerprint density at radius 3 is 2.10 bits per heavy atom. The minimum Gasteiger partial charge on any atom is -0.465 e. The van der Waals surface area contributed by atoms with Crippen molar-refractivity contribution in [1.82, 2.24) is 5.32 Å². The largest absolute Gasteiger partial charge is 0.465 e. The van der Waals surface area contributed by atoms with Gasteiger partial charge in [0.1, 0.15) is 0 Å². The minimum atomic E-state index is -0.474. The van der Waals surface area contributed by atoms with Crippen LogP contribution in [-0.2, 0) is 11.3 Å². The van der Waals surface area contributed by atoms with E-state index in [0.717, 1.165) is 11.1 Å². The molecular formula is C24H22N2O4. The Labute approximate surface area is 174 Å². The summed E-state index contributed by atoms with van der Waals surface area (Å²) in [6.45, 7) is 2.39. The number of nitrogens with one attached hydrogen (secondary N) is 2. The fourth-order valence-corrected chi connectivity index (χ4v) is 2.84. The zero-order valence-electron chi connectivity index (χ0n) is 16.8. The highest BCUT2D eigenvalue weighted by Gasteiger charge is 2.14. The molecule has 6 nitrogen and oxygen atoms in total. The van der Waals surface area contributed by atoms with Crippen molar-refractivity contribution < 1.29 is 19.1 Å². The van der Waals surface area contributed by atoms with Crippen LogP contribution in [0.2, 0.25) is 0 Å². The summed E-state index contributed by atoms with van der Waals surface area (Å²) in [7, 11) is 1.30. The summed E-state index contributed by atoms with van der Waals surface area (Å²) in [4.78, 5) is 36.8. The Morgan fingerprint density at radius 2 is 1.43 bits per heavy atom. The summed E-state index contributed by atoms with van der Waals surface area (Å²) >= 11 is 0. The van der Waals surface area contributed by atoms with E-state index in [-0.39, 0.29) is 11.8 Å². The lowest BCUT2D eigenvalue weighted by Crippen LogP contribution is -2.24. The molecule has 0 aliphatic rings. The summed E-state index contributed by atoms with van der Waals surface area (Å²) in [5.41, 5.74) is 3.62. The molecule has 30 heavy (non-hydrogen) atoms. The molecule has 0 unspecified atom stereocenters. The first-order chi connectivity index (χ1) is 14.5. The average molecular weight is 402 g/mol. The molecule has 0 heterocycles. The van der Waals surface area contributed by atoms with Crippen LogP contribution in [0.15, 0.2) is 72.8 Å². The van der Waals surface area contributed by atoms with Gasteiger partial charge in [0.15, 0.2) is 0 Å². The summed E-state index contributed by atoms with van der Waals surface area (Å²) in [6.07, 6.45) is 0. The van der Waals surface area contributed by atoms with E-state index in [2.05, 4.69) is 15.4 Å². The second-order valence-electron chi connectivity index (χ2n) is 6.74. The lowest BCUT2D eigenvalue weighted by atomic mass is 10.1. The van der Waals surface area contributed by atoms with Crippen molar-refractivity contribution in [3.63, 3.8) is 0 Å². The number of ether oxygens (including phenoxy) is 1. The molecule has 0 atom stereocenters. The molecule has 2 N–H and O–H groups in total. The smallest absolute Gasteiger partial charge is 0.337 e. The molecule has 152 valence electrons. The van der Waals surface area contributed by atoms with Gasteiger partial charge in [-0.05, 0) is 48.9 Å². The topological polar surface area (TPSA) is 84.5 Å². The quantitative estimate of drug-likeness (QED) is 0.611. The summed E-state index contributed by atoms with van der Waals surface area (Å²) in [5.74, 6) is -1.14. The van der Waals surface area contributed by atoms with Gasteiger partial charge in [0.05, 0.1) is 23.9 Å². The Hall–Kier alpha value is -3.93. The molecule has 6 heteroatoms. The van der Waals surface area contributed by atoms with Crippen LogP contribution < -0.4 is 10.6 Å². The van der Waals surface area contributed by atoms with E-state index < -0.39 is 5.97 Å². The van der Waals surface area contributed by atoms with Crippen LogP contribution in [0.4, 0.5) is 5.69 Å². The van der Waals surface area contributed by atoms with Crippen LogP contribution in [0, 0.1) is 6.92 Å². The normalized spacial score (nSPS) is 10.2. The molecule has 3 aromatic carbocycles. The zero-order chi connectivity index (χ0) is 21.5. The van der Waals surface area contributed by atoms with Gasteiger partial charge in [-0.3, -0.25) is 9.59 Å². The minimum absolute atomic E-state index is 0.285. The van der Waals surface area contributed by atoms with E-state index in [4.69, 9.17) is 0 Å². The zero-order valence-corrected chi connectivity index (χ0v) is 16.8. The molecule has 0 bridgehead atoms. The lowest BCUT2D eigenvalue weighted by Gasteiger charge is -2.12. The molecule has 0 saturated heterocycles. The van der Waals surface area contributed by atoms with Crippen molar-refractivity contribution in [3.05, 3.63) is 101 Å². The maximum Gasteiger partial charge on any atom is 0.337 e. The van der Waals surface area contributed by atoms with Crippen molar-refractivity contribution >= 4 is 23.5 Å². The Kier molecular flexibility index (Phi) is 6.60. The van der Waals surface area contributed by atoms with E-state index in [1.165, 1.54) is 31.4 Å². The van der Waals surface area contributed by atoms with E-state index in [9.17, 15) is 14.4 Å². The van der Waals surface area contributed by atoms with Gasteiger partial charge in [-0.25, -0.2) is 4.79 Å². The van der Waals surface area contributed by atoms with E-state index in [0.29, 0.717) is 28.9 Å². The molecule has 0 aliphatic carbocycles. The van der Waals surface area contributed by atoms with Crippen LogP contribution >= 0.6 is 0 Å². The molecule has 3 aromatic rings. The third-order valence-corrected chi connectivity index (χ3v) is 4.56. The van der Waals surface area contributed by atoms with Crippen molar-refractivity contribution in [3.8, 4) is 0 Å². The van der Waals surface area contributed by atoms with Gasteiger partial charge in [-0.2, -0.15) is 0 Å². The van der Waals surface area contributed by atoms with E-state index in [1.807, 2.05) is 31.2 Å². The average Bonchev–Trinajstić information content (AvgIpc) is 2.78. The van der Waals surface area contributed by atoms with Crippen LogP contribution in [0.5, 0.6) is 0 Å². The maximum absolute atomic E-state index is 12.7. The summed E-state index contributed by atoms with van der Waals surface area (Å²) in [5, 5.41) is 5.63. The molecule has 0 aromatic heterocycles. The Balaban J connectivity index is 1.69. The number of hydrogen-bond acceptors (Lipinski definition) is 4. The third kappa shape index (κ3) is 5.11. The van der Waals surface area contributed by atoms with Gasteiger partial charge in [0.2, 0.25) is 0 Å². The standard InChI is InChI=1S/C24H22N2O4/c1-16-7-9-17(10-8-16)15-25-23(28)20-5-3-4-6-21(20)26-22(27)18-11-13-19(14-12-18)24(29)30-2/h3-14H,15H2,1-2H3,(H,25,28)(H,26,27). The number of carbonyl (C=O) groups excluding carboxylic acids is 3. The van der Waals surface area contributed by atoms with Gasteiger partial charge in [0.25, 0.3) is 11.8 Å². The van der Waals surface area contributed by atoms with Crippen LogP contribution in [0.1, 0.15) is 42.2 Å². The number of benzene rings is 3. The molecule has 0 fully saturated rings. The highest BCUT2D eigenvalue weighted by atomic mass is 16.5. The first-order valence-electron chi connectivity index (χ1n) is 9.40. The number of rotatable bonds is 6. The van der Waals surface area contributed by atoms with Crippen LogP contribution in [0.25, 0.3) is 0 Å². The van der Waals surface area contributed by atoms with Gasteiger partial charge in [-0.1, -0.05) is 42.0 Å². The second kappa shape index (κ2) is 9.52. The highest BCUT2D eigenvalue weighted by Crippen LogP contribution is 2.17. The lowest BCUT2D eigenvalue weighted by molar-refractivity contribution is 0.0600. The summed E-state index contributed by atoms with van der Waals surface area (Å²) < 4.78 is 4.65. The number of esters is 1. The van der Waals surface area contributed by atoms with Crippen molar-refractivity contribution in [2.24, 2.45) is 0 Å². The molecule has 0 spiro atoms. The predicted molar refractivity (Wildman–Crippen MR) is 115 cm³/mol. The van der Waals surface area contributed by atoms with Crippen molar-refractivity contribution in [2.45, 2.75) is 13.5 Å². The first-order valence-corrected chi connectivity index (χ1v) is 9.40.